The molecule has 35 atom stereocenters. The first-order valence-electron chi connectivity index (χ1n) is 25.5. The molecule has 21 fully saturated rings. The van der Waals surface area contributed by atoms with Gasteiger partial charge in [0.15, 0.2) is 44.0 Å². The Morgan fingerprint density at radius 3 is 0.494 bits per heavy atom. The van der Waals surface area contributed by atoms with E-state index in [1.807, 2.05) is 0 Å². The van der Waals surface area contributed by atoms with E-state index in [4.69, 9.17) is 66.3 Å². The lowest BCUT2D eigenvalue weighted by Gasteiger charge is -2.50. The third-order valence-corrected chi connectivity index (χ3v) is 15.1. The second kappa shape index (κ2) is 26.9. The molecule has 21 saturated heterocycles. The second-order valence-electron chi connectivity index (χ2n) is 20.7. The van der Waals surface area contributed by atoms with Gasteiger partial charge in [0.1, 0.15) is 171 Å². The SMILES string of the molecule is CN(C)C[C@H]1O[C@@H]2O[C@H]3[C@H](O)[C@@H](O)[C@@H](O[C@H]4[C@H](O)[C@@H](O)[C@@H](O[C@H]5[C@H](O)[C@@H](O)[C@@H](O[C@H]6[C@H](O)[C@@H](O)[C@@H](O[C@H]7[C@H](O)[C@@H](O)[C@@H](O[C@H]8[C@H](O)[C@@H](O)[C@@H](O[C@H]1[C@H](O)[C@H]2O)O[C@@H]8CO)O[C@@H]7CO)O[C@@H]6CO)O[C@@H]5CO)O[C@@H]4CO)O[C@@H]3CO. The van der Waals surface area contributed by atoms with Gasteiger partial charge in [-0.2, -0.15) is 0 Å². The quantitative estimate of drug-likeness (QED) is 0.107. The third-order valence-electron chi connectivity index (χ3n) is 15.1. The highest BCUT2D eigenvalue weighted by Gasteiger charge is 2.59. The predicted octanol–water partition coefficient (Wildman–Crippen LogP) is -14.7. The smallest absolute Gasteiger partial charge is 0.187 e. The number of ether oxygens (including phenoxy) is 14. The van der Waals surface area contributed by atoms with Gasteiger partial charge in [0, 0.05) is 6.54 Å². The molecule has 0 amide bonds. The Morgan fingerprint density at radius 1 is 0.215 bits per heavy atom. The number of aliphatic hydroxyl groups is 20. The highest BCUT2D eigenvalue weighted by molar-refractivity contribution is 5.02. The molecule has 0 radical (unpaired) electrons. The Bertz CT molecular complexity index is 1870. The van der Waals surface area contributed by atoms with Crippen molar-refractivity contribution >= 4 is 0 Å². The third kappa shape index (κ3) is 12.8. The maximum absolute atomic E-state index is 11.6. The fourth-order valence-corrected chi connectivity index (χ4v) is 10.8. The summed E-state index contributed by atoms with van der Waals surface area (Å²) in [5.74, 6) is 0. The summed E-state index contributed by atoms with van der Waals surface area (Å²) in [6.07, 6.45) is -68.6. The number of likely N-dealkylation sites (N-methyl/N-ethyl adjacent to an activating group) is 1. The van der Waals surface area contributed by atoms with Gasteiger partial charge in [0.25, 0.3) is 0 Å². The van der Waals surface area contributed by atoms with Gasteiger partial charge in [-0.25, -0.2) is 0 Å². The highest BCUT2D eigenvalue weighted by atomic mass is 16.8. The maximum atomic E-state index is 11.6. The van der Waals surface area contributed by atoms with Gasteiger partial charge in [-0.3, -0.25) is 0 Å². The van der Waals surface area contributed by atoms with Crippen molar-refractivity contribution in [1.82, 2.24) is 4.90 Å². The topological polar surface area (TPSA) is 537 Å². The van der Waals surface area contributed by atoms with Crippen LogP contribution in [0.25, 0.3) is 0 Å². The molecule has 20 N–H and O–H groups in total. The molecular weight excluding hydrogens is 1090 g/mol. The molecule has 460 valence electrons. The van der Waals surface area contributed by atoms with E-state index in [2.05, 4.69) is 0 Å². The Labute approximate surface area is 448 Å². The molecule has 21 aliphatic rings. The molecule has 0 aliphatic carbocycles. The van der Waals surface area contributed by atoms with Crippen LogP contribution in [0.4, 0.5) is 0 Å². The summed E-state index contributed by atoms with van der Waals surface area (Å²) in [5, 5.41) is 222. The summed E-state index contributed by atoms with van der Waals surface area (Å²) in [5.41, 5.74) is 0. The van der Waals surface area contributed by atoms with Crippen LogP contribution in [0.15, 0.2) is 0 Å². The molecule has 21 aliphatic heterocycles. The van der Waals surface area contributed by atoms with Crippen molar-refractivity contribution < 1.29 is 168 Å². The van der Waals surface area contributed by atoms with Crippen LogP contribution in [0.3, 0.4) is 0 Å². The average Bonchev–Trinajstić information content (AvgIpc) is 3.47. The van der Waals surface area contributed by atoms with E-state index in [1.165, 1.54) is 4.90 Å². The molecule has 0 aromatic carbocycles. The lowest BCUT2D eigenvalue weighted by Crippen LogP contribution is -2.68. The molecule has 0 aromatic rings. The van der Waals surface area contributed by atoms with Crippen molar-refractivity contribution in [1.29, 1.82) is 0 Å². The lowest BCUT2D eigenvalue weighted by molar-refractivity contribution is -0.396. The molecular formula is C44H75NO34. The summed E-state index contributed by atoms with van der Waals surface area (Å²) in [4.78, 5) is 1.53. The fraction of sp³-hybridized carbons (Fsp3) is 1.00. The van der Waals surface area contributed by atoms with E-state index in [0.29, 0.717) is 0 Å². The average molecular weight is 1160 g/mol. The number of hydrogen-bond acceptors (Lipinski definition) is 35. The fourth-order valence-electron chi connectivity index (χ4n) is 10.8. The zero-order valence-corrected chi connectivity index (χ0v) is 42.3. The van der Waals surface area contributed by atoms with Gasteiger partial charge in [-0.05, 0) is 14.1 Å². The van der Waals surface area contributed by atoms with Gasteiger partial charge in [0.05, 0.1) is 39.6 Å². The molecule has 21 heterocycles. The molecule has 0 aromatic heterocycles. The minimum Gasteiger partial charge on any atom is -0.394 e. The van der Waals surface area contributed by atoms with Crippen molar-refractivity contribution in [3.63, 3.8) is 0 Å². The summed E-state index contributed by atoms with van der Waals surface area (Å²) < 4.78 is 80.8. The van der Waals surface area contributed by atoms with Crippen LogP contribution in [0.1, 0.15) is 0 Å². The van der Waals surface area contributed by atoms with E-state index in [-0.39, 0.29) is 6.54 Å². The maximum Gasteiger partial charge on any atom is 0.187 e. The molecule has 14 bridgehead atoms. The van der Waals surface area contributed by atoms with Crippen LogP contribution in [0.2, 0.25) is 0 Å². The normalized spacial score (nSPS) is 54.3. The first-order chi connectivity index (χ1) is 37.5. The molecule has 79 heavy (non-hydrogen) atoms. The van der Waals surface area contributed by atoms with Crippen LogP contribution >= 0.6 is 0 Å². The molecule has 35 heteroatoms. The highest BCUT2D eigenvalue weighted by Crippen LogP contribution is 2.39. The number of hydrogen-bond donors (Lipinski definition) is 20. The van der Waals surface area contributed by atoms with Crippen LogP contribution in [-0.2, 0) is 66.3 Å². The Morgan fingerprint density at radius 2 is 0.354 bits per heavy atom. The zero-order valence-electron chi connectivity index (χ0n) is 42.3. The second-order valence-corrected chi connectivity index (χ2v) is 20.7. The van der Waals surface area contributed by atoms with E-state index in [9.17, 15) is 102 Å². The van der Waals surface area contributed by atoms with Crippen molar-refractivity contribution in [2.75, 3.05) is 60.3 Å². The molecule has 0 spiro atoms. The van der Waals surface area contributed by atoms with E-state index < -0.39 is 255 Å². The molecule has 0 saturated carbocycles. The largest absolute Gasteiger partial charge is 0.394 e. The predicted molar refractivity (Wildman–Crippen MR) is 240 cm³/mol. The van der Waals surface area contributed by atoms with Gasteiger partial charge < -0.3 is 173 Å². The lowest BCUT2D eigenvalue weighted by atomic mass is 9.95. The van der Waals surface area contributed by atoms with Crippen LogP contribution in [0.5, 0.6) is 0 Å². The first kappa shape index (κ1) is 63.6. The summed E-state index contributed by atoms with van der Waals surface area (Å²) in [6.45, 7) is -6.31. The molecule has 35 nitrogen and oxygen atoms in total. The van der Waals surface area contributed by atoms with Crippen LogP contribution in [-0.4, -0.2) is 382 Å². The van der Waals surface area contributed by atoms with E-state index >= 15 is 0 Å². The number of nitrogens with zero attached hydrogens (tertiary/aromatic N) is 1. The summed E-state index contributed by atoms with van der Waals surface area (Å²) in [6, 6.07) is 0. The van der Waals surface area contributed by atoms with Gasteiger partial charge in [-0.1, -0.05) is 0 Å². The minimum atomic E-state index is -2.20. The summed E-state index contributed by atoms with van der Waals surface area (Å²) in [7, 11) is 3.13. The number of aliphatic hydroxyl groups excluding tert-OH is 20. The van der Waals surface area contributed by atoms with Gasteiger partial charge in [-0.15, -0.1) is 0 Å². The Balaban J connectivity index is 1.09. The Kier molecular flexibility index (Phi) is 21.7. The van der Waals surface area contributed by atoms with Gasteiger partial charge in [0.2, 0.25) is 0 Å². The van der Waals surface area contributed by atoms with Crippen molar-refractivity contribution in [3.05, 3.63) is 0 Å². The van der Waals surface area contributed by atoms with Crippen molar-refractivity contribution in [2.45, 2.75) is 215 Å². The van der Waals surface area contributed by atoms with E-state index in [0.717, 1.165) is 0 Å². The molecule has 0 unspecified atom stereocenters. The standard InChI is InChI=1S/C44H75NO34/c1-45(2)3-10-31-17(52)24(59)38(66-10)74-32-11(4-46)68-40(26(61)19(32)54)76-34-13(6-48)70-42(28(63)21(34)56)78-36-15(8-50)72-44(30(65)23(36)58)79-37-16(9-51)71-43(29(64)22(37)57)77-35-14(7-49)69-41(27(62)20(35)55)75-33-12(5-47)67-39(73-31)25(60)18(33)53/h10-44,46-65H,3-9H2,1-2H3/t10-,11-,12-,13-,14-,15-,16-,17-,18-,19-,20-,21-,22-,23-,24-,25-,26-,27-,28-,29-,30-,31-,32-,33-,34-,35-,36-,37-,38-,39-,40-,41-,42-,43-,44-/m1/s1. The Hall–Kier alpha value is -1.40. The van der Waals surface area contributed by atoms with Crippen molar-refractivity contribution in [3.8, 4) is 0 Å². The van der Waals surface area contributed by atoms with E-state index in [1.54, 1.807) is 14.1 Å². The molecule has 21 rings (SSSR count). The summed E-state index contributed by atoms with van der Waals surface area (Å²) >= 11 is 0. The zero-order chi connectivity index (χ0) is 57.6. The minimum absolute atomic E-state index is 0.158. The van der Waals surface area contributed by atoms with Crippen LogP contribution in [0, 0.1) is 0 Å². The first-order valence-corrected chi connectivity index (χ1v) is 25.5. The van der Waals surface area contributed by atoms with Crippen molar-refractivity contribution in [2.24, 2.45) is 0 Å². The van der Waals surface area contributed by atoms with Crippen LogP contribution < -0.4 is 0 Å². The number of rotatable bonds is 8. The monoisotopic (exact) mass is 1160 g/mol. The van der Waals surface area contributed by atoms with Gasteiger partial charge >= 0.3 is 0 Å².